The molecule has 1 saturated carbocycles. The molecule has 0 bridgehead atoms. The Morgan fingerprint density at radius 1 is 1.35 bits per heavy atom. The zero-order valence-electron chi connectivity index (χ0n) is 12.6. The second-order valence-corrected chi connectivity index (χ2v) is 6.90. The molecular formula is C17H24N2O. The van der Waals surface area contributed by atoms with E-state index in [1.807, 2.05) is 0 Å². The van der Waals surface area contributed by atoms with Crippen LogP contribution < -0.4 is 10.2 Å². The molecule has 1 aliphatic heterocycles. The topological polar surface area (TPSA) is 32.3 Å². The summed E-state index contributed by atoms with van der Waals surface area (Å²) >= 11 is 0. The van der Waals surface area contributed by atoms with Gasteiger partial charge in [0.1, 0.15) is 0 Å². The van der Waals surface area contributed by atoms with Crippen molar-refractivity contribution in [2.75, 3.05) is 11.4 Å². The fourth-order valence-electron chi connectivity index (χ4n) is 3.39. The van der Waals surface area contributed by atoms with Crippen LogP contribution >= 0.6 is 0 Å². The predicted molar refractivity (Wildman–Crippen MR) is 82.1 cm³/mol. The van der Waals surface area contributed by atoms with Crippen molar-refractivity contribution >= 4 is 11.6 Å². The Morgan fingerprint density at radius 3 is 2.75 bits per heavy atom. The molecular weight excluding hydrogens is 248 g/mol. The molecule has 2 aliphatic rings. The lowest BCUT2D eigenvalue weighted by Crippen LogP contribution is -2.52. The lowest BCUT2D eigenvalue weighted by molar-refractivity contribution is -0.120. The molecule has 1 heterocycles. The molecule has 0 saturated heterocycles. The number of para-hydroxylation sites is 1. The van der Waals surface area contributed by atoms with Crippen LogP contribution in [0.1, 0.15) is 51.5 Å². The molecule has 1 N–H and O–H groups in total. The number of carbonyl (C=O) groups excluding carboxylic acids is 1. The lowest BCUT2D eigenvalue weighted by atomic mass is 9.80. The van der Waals surface area contributed by atoms with Crippen molar-refractivity contribution in [1.29, 1.82) is 0 Å². The van der Waals surface area contributed by atoms with E-state index in [-0.39, 0.29) is 11.4 Å². The maximum absolute atomic E-state index is 12.2. The fourth-order valence-corrected chi connectivity index (χ4v) is 3.39. The molecule has 108 valence electrons. The van der Waals surface area contributed by atoms with Gasteiger partial charge in [-0.2, -0.15) is 0 Å². The van der Waals surface area contributed by atoms with Gasteiger partial charge < -0.3 is 10.2 Å². The standard InChI is InChI=1S/C17H24N2O/c1-12-10-17(2,3)19(11-16(20)18-13-8-9-13)15-7-5-4-6-14(12)15/h4-7,12-13H,8-11H2,1-3H3,(H,18,20)/t12-/m0/s1. The quantitative estimate of drug-likeness (QED) is 0.917. The van der Waals surface area contributed by atoms with E-state index < -0.39 is 0 Å². The summed E-state index contributed by atoms with van der Waals surface area (Å²) in [7, 11) is 0. The second-order valence-electron chi connectivity index (χ2n) is 6.90. The molecule has 1 aliphatic carbocycles. The summed E-state index contributed by atoms with van der Waals surface area (Å²) in [6.07, 6.45) is 3.37. The van der Waals surface area contributed by atoms with Gasteiger partial charge in [0.2, 0.25) is 5.91 Å². The molecule has 20 heavy (non-hydrogen) atoms. The Hall–Kier alpha value is -1.51. The first kappa shape index (κ1) is 13.5. The highest BCUT2D eigenvalue weighted by Crippen LogP contribution is 2.42. The van der Waals surface area contributed by atoms with E-state index in [4.69, 9.17) is 0 Å². The van der Waals surface area contributed by atoms with E-state index in [0.29, 0.717) is 18.5 Å². The Bertz CT molecular complexity index is 519. The summed E-state index contributed by atoms with van der Waals surface area (Å²) in [4.78, 5) is 14.5. The van der Waals surface area contributed by atoms with Crippen molar-refractivity contribution in [1.82, 2.24) is 5.32 Å². The van der Waals surface area contributed by atoms with Gasteiger partial charge in [-0.15, -0.1) is 0 Å². The summed E-state index contributed by atoms with van der Waals surface area (Å²) in [5.74, 6) is 0.703. The number of hydrogen-bond acceptors (Lipinski definition) is 2. The molecule has 0 spiro atoms. The van der Waals surface area contributed by atoms with Gasteiger partial charge in [-0.3, -0.25) is 4.79 Å². The zero-order valence-corrected chi connectivity index (χ0v) is 12.6. The van der Waals surface area contributed by atoms with Crippen molar-refractivity contribution in [3.63, 3.8) is 0 Å². The average Bonchev–Trinajstić information content (AvgIpc) is 3.18. The van der Waals surface area contributed by atoms with Gasteiger partial charge >= 0.3 is 0 Å². The highest BCUT2D eigenvalue weighted by atomic mass is 16.2. The normalized spacial score (nSPS) is 24.1. The van der Waals surface area contributed by atoms with Gasteiger partial charge in [0, 0.05) is 17.3 Å². The van der Waals surface area contributed by atoms with E-state index in [1.165, 1.54) is 11.3 Å². The van der Waals surface area contributed by atoms with Gasteiger partial charge in [-0.25, -0.2) is 0 Å². The number of amides is 1. The molecule has 0 radical (unpaired) electrons. The van der Waals surface area contributed by atoms with Gasteiger partial charge in [-0.1, -0.05) is 25.1 Å². The van der Waals surface area contributed by atoms with E-state index in [9.17, 15) is 4.79 Å². The van der Waals surface area contributed by atoms with Crippen molar-refractivity contribution in [3.05, 3.63) is 29.8 Å². The fraction of sp³-hybridized carbons (Fsp3) is 0.588. The third-order valence-corrected chi connectivity index (χ3v) is 4.54. The number of carbonyl (C=O) groups is 1. The largest absolute Gasteiger partial charge is 0.357 e. The van der Waals surface area contributed by atoms with Crippen molar-refractivity contribution in [2.24, 2.45) is 0 Å². The van der Waals surface area contributed by atoms with E-state index in [1.54, 1.807) is 0 Å². The van der Waals surface area contributed by atoms with Crippen LogP contribution in [0.3, 0.4) is 0 Å². The average molecular weight is 272 g/mol. The number of hydrogen-bond donors (Lipinski definition) is 1. The van der Waals surface area contributed by atoms with E-state index in [2.05, 4.69) is 55.3 Å². The van der Waals surface area contributed by atoms with Crippen LogP contribution in [0.25, 0.3) is 0 Å². The van der Waals surface area contributed by atoms with Gasteiger partial charge in [0.05, 0.1) is 6.54 Å². The van der Waals surface area contributed by atoms with Crippen LogP contribution in [0, 0.1) is 0 Å². The summed E-state index contributed by atoms with van der Waals surface area (Å²) in [6.45, 7) is 7.23. The lowest BCUT2D eigenvalue weighted by Gasteiger charge is -2.47. The van der Waals surface area contributed by atoms with E-state index in [0.717, 1.165) is 19.3 Å². The number of nitrogens with zero attached hydrogens (tertiary/aromatic N) is 1. The van der Waals surface area contributed by atoms with Gasteiger partial charge in [0.15, 0.2) is 0 Å². The molecule has 0 unspecified atom stereocenters. The summed E-state index contributed by atoms with van der Waals surface area (Å²) < 4.78 is 0. The molecule has 1 aromatic carbocycles. The predicted octanol–water partition coefficient (Wildman–Crippen LogP) is 3.06. The number of fused-ring (bicyclic) bond motifs is 1. The second kappa shape index (κ2) is 4.80. The maximum Gasteiger partial charge on any atom is 0.239 e. The minimum atomic E-state index is 0.0225. The first-order chi connectivity index (χ1) is 9.47. The first-order valence-electron chi connectivity index (χ1n) is 7.63. The Kier molecular flexibility index (Phi) is 3.23. The number of anilines is 1. The molecule has 3 rings (SSSR count). The van der Waals surface area contributed by atoms with Crippen LogP contribution in [0.15, 0.2) is 24.3 Å². The van der Waals surface area contributed by atoms with Crippen molar-refractivity contribution < 1.29 is 4.79 Å². The molecule has 1 atom stereocenters. The molecule has 3 heteroatoms. The molecule has 1 fully saturated rings. The monoisotopic (exact) mass is 272 g/mol. The minimum Gasteiger partial charge on any atom is -0.357 e. The number of benzene rings is 1. The first-order valence-corrected chi connectivity index (χ1v) is 7.63. The number of nitrogens with one attached hydrogen (secondary N) is 1. The van der Waals surface area contributed by atoms with Crippen LogP contribution in [0.5, 0.6) is 0 Å². The third kappa shape index (κ3) is 2.54. The van der Waals surface area contributed by atoms with E-state index >= 15 is 0 Å². The van der Waals surface area contributed by atoms with Gasteiger partial charge in [-0.05, 0) is 50.7 Å². The molecule has 0 aromatic heterocycles. The van der Waals surface area contributed by atoms with Crippen LogP contribution in [-0.4, -0.2) is 24.0 Å². The van der Waals surface area contributed by atoms with Crippen molar-refractivity contribution in [3.8, 4) is 0 Å². The molecule has 1 aromatic rings. The Labute approximate surface area is 121 Å². The summed E-state index contributed by atoms with van der Waals surface area (Å²) in [5, 5.41) is 3.10. The Balaban J connectivity index is 1.86. The van der Waals surface area contributed by atoms with Gasteiger partial charge in [0.25, 0.3) is 0 Å². The van der Waals surface area contributed by atoms with Crippen LogP contribution in [-0.2, 0) is 4.79 Å². The highest BCUT2D eigenvalue weighted by Gasteiger charge is 2.37. The summed E-state index contributed by atoms with van der Waals surface area (Å²) in [6, 6.07) is 8.94. The minimum absolute atomic E-state index is 0.0225. The number of rotatable bonds is 3. The SMILES string of the molecule is C[C@H]1CC(C)(C)N(CC(=O)NC2CC2)c2ccccc21. The third-order valence-electron chi connectivity index (χ3n) is 4.54. The summed E-state index contributed by atoms with van der Waals surface area (Å²) in [5.41, 5.74) is 2.61. The maximum atomic E-state index is 12.2. The van der Waals surface area contributed by atoms with Crippen LogP contribution in [0.2, 0.25) is 0 Å². The van der Waals surface area contributed by atoms with Crippen LogP contribution in [0.4, 0.5) is 5.69 Å². The van der Waals surface area contributed by atoms with Crippen molar-refractivity contribution in [2.45, 2.75) is 57.5 Å². The smallest absolute Gasteiger partial charge is 0.239 e. The Morgan fingerprint density at radius 2 is 2.05 bits per heavy atom. The molecule has 3 nitrogen and oxygen atoms in total. The molecule has 1 amide bonds. The zero-order chi connectivity index (χ0) is 14.3. The highest BCUT2D eigenvalue weighted by molar-refractivity contribution is 5.83.